The van der Waals surface area contributed by atoms with Crippen LogP contribution in [0.1, 0.15) is 30.1 Å². The van der Waals surface area contributed by atoms with Crippen LogP contribution < -0.4 is 4.90 Å². The van der Waals surface area contributed by atoms with Gasteiger partial charge in [0.2, 0.25) is 5.91 Å². The van der Waals surface area contributed by atoms with E-state index in [1.165, 1.54) is 0 Å². The molecule has 1 aromatic heterocycles. The van der Waals surface area contributed by atoms with Crippen LogP contribution in [0.5, 0.6) is 0 Å². The topological polar surface area (TPSA) is 52.2 Å². The lowest BCUT2D eigenvalue weighted by Crippen LogP contribution is -2.40. The summed E-state index contributed by atoms with van der Waals surface area (Å²) in [5.41, 5.74) is 2.22. The molecule has 5 nitrogen and oxygen atoms in total. The predicted octanol–water partition coefficient (Wildman–Crippen LogP) is 2.42. The van der Waals surface area contributed by atoms with Crippen molar-refractivity contribution in [3.05, 3.63) is 48.0 Å². The summed E-state index contributed by atoms with van der Waals surface area (Å²) in [5, 5.41) is 0. The Bertz CT molecular complexity index is 634. The highest BCUT2D eigenvalue weighted by Crippen LogP contribution is 2.24. The summed E-state index contributed by atoms with van der Waals surface area (Å²) in [7, 11) is 4.03. The summed E-state index contributed by atoms with van der Waals surface area (Å²) >= 11 is 0. The molecule has 0 aliphatic carbocycles. The van der Waals surface area contributed by atoms with Crippen molar-refractivity contribution in [2.75, 3.05) is 32.1 Å². The molecule has 0 spiro atoms. The molecule has 23 heavy (non-hydrogen) atoms. The molecular formula is C18H24N4O. The first kappa shape index (κ1) is 15.6. The minimum absolute atomic E-state index is 0.207. The zero-order valence-corrected chi connectivity index (χ0v) is 13.8. The number of rotatable bonds is 4. The molecule has 1 N–H and O–H groups in total. The normalized spacial score (nSPS) is 18.0. The van der Waals surface area contributed by atoms with Gasteiger partial charge in [0.15, 0.2) is 0 Å². The first-order chi connectivity index (χ1) is 11.1. The summed E-state index contributed by atoms with van der Waals surface area (Å²) in [6, 6.07) is 8.21. The Balaban J connectivity index is 1.61. The minimum atomic E-state index is 0.207. The van der Waals surface area contributed by atoms with Gasteiger partial charge in [-0.2, -0.15) is 0 Å². The van der Waals surface area contributed by atoms with Crippen molar-refractivity contribution in [1.29, 1.82) is 0 Å². The highest BCUT2D eigenvalue weighted by molar-refractivity contribution is 5.79. The number of carbonyl (C=O) groups is 1. The second-order valence-corrected chi connectivity index (χ2v) is 6.39. The average molecular weight is 312 g/mol. The number of imidazole rings is 1. The second kappa shape index (κ2) is 6.86. The van der Waals surface area contributed by atoms with Gasteiger partial charge in [0.25, 0.3) is 0 Å². The van der Waals surface area contributed by atoms with Crippen molar-refractivity contribution >= 4 is 11.6 Å². The van der Waals surface area contributed by atoms with Gasteiger partial charge in [0, 0.05) is 51.2 Å². The van der Waals surface area contributed by atoms with Crippen LogP contribution >= 0.6 is 0 Å². The Labute approximate surface area is 137 Å². The van der Waals surface area contributed by atoms with Gasteiger partial charge < -0.3 is 14.8 Å². The Kier molecular flexibility index (Phi) is 4.65. The van der Waals surface area contributed by atoms with Gasteiger partial charge in [0.05, 0.1) is 6.42 Å². The molecular weight excluding hydrogens is 288 g/mol. The van der Waals surface area contributed by atoms with Crippen LogP contribution in [0.3, 0.4) is 0 Å². The van der Waals surface area contributed by atoms with Crippen LogP contribution in [-0.2, 0) is 11.2 Å². The number of H-pyrrole nitrogens is 1. The van der Waals surface area contributed by atoms with Crippen LogP contribution in [0.25, 0.3) is 0 Å². The van der Waals surface area contributed by atoms with E-state index in [-0.39, 0.29) is 5.91 Å². The van der Waals surface area contributed by atoms with Crippen LogP contribution in [0.4, 0.5) is 5.69 Å². The number of anilines is 1. The molecule has 1 saturated heterocycles. The number of piperidine rings is 1. The number of aromatic nitrogens is 2. The lowest BCUT2D eigenvalue weighted by Gasteiger charge is -2.32. The van der Waals surface area contributed by atoms with E-state index in [0.717, 1.165) is 43.0 Å². The lowest BCUT2D eigenvalue weighted by atomic mass is 9.96. The number of hydrogen-bond donors (Lipinski definition) is 1. The molecule has 122 valence electrons. The van der Waals surface area contributed by atoms with E-state index in [9.17, 15) is 4.79 Å². The summed E-state index contributed by atoms with van der Waals surface area (Å²) in [4.78, 5) is 24.2. The molecule has 1 aliphatic heterocycles. The lowest BCUT2D eigenvalue weighted by molar-refractivity contribution is -0.131. The molecule has 5 heteroatoms. The fourth-order valence-electron chi connectivity index (χ4n) is 3.13. The highest BCUT2D eigenvalue weighted by atomic mass is 16.2. The van der Waals surface area contributed by atoms with Gasteiger partial charge >= 0.3 is 0 Å². The number of likely N-dealkylation sites (tertiary alicyclic amines) is 1. The quantitative estimate of drug-likeness (QED) is 0.943. The standard InChI is InChI=1S/C18H24N4O/c1-21(2)16-7-5-14(6-8-16)12-17(23)22-11-3-4-15(13-22)18-19-9-10-20-18/h5-10,15H,3-4,11-13H2,1-2H3,(H,19,20)/t15-/m0/s1. The molecule has 0 bridgehead atoms. The molecule has 1 amide bonds. The van der Waals surface area contributed by atoms with Crippen LogP contribution in [-0.4, -0.2) is 48.0 Å². The molecule has 0 unspecified atom stereocenters. The van der Waals surface area contributed by atoms with Gasteiger partial charge in [-0.25, -0.2) is 4.98 Å². The van der Waals surface area contributed by atoms with Crippen molar-refractivity contribution in [2.45, 2.75) is 25.2 Å². The SMILES string of the molecule is CN(C)c1ccc(CC(=O)N2CCC[C@H](c3ncc[nH]3)C2)cc1. The van der Waals surface area contributed by atoms with E-state index in [4.69, 9.17) is 0 Å². The van der Waals surface area contributed by atoms with E-state index in [0.29, 0.717) is 12.3 Å². The first-order valence-electron chi connectivity index (χ1n) is 8.17. The molecule has 1 aromatic carbocycles. The number of amides is 1. The summed E-state index contributed by atoms with van der Waals surface area (Å²) in [6.45, 7) is 1.62. The Morgan fingerprint density at radius 3 is 2.78 bits per heavy atom. The van der Waals surface area contributed by atoms with E-state index in [2.05, 4.69) is 27.0 Å². The largest absolute Gasteiger partial charge is 0.378 e. The van der Waals surface area contributed by atoms with Crippen molar-refractivity contribution in [2.24, 2.45) is 0 Å². The fraction of sp³-hybridized carbons (Fsp3) is 0.444. The molecule has 0 saturated carbocycles. The zero-order chi connectivity index (χ0) is 16.2. The molecule has 2 heterocycles. The van der Waals surface area contributed by atoms with E-state index >= 15 is 0 Å². The summed E-state index contributed by atoms with van der Waals surface area (Å²) < 4.78 is 0. The van der Waals surface area contributed by atoms with E-state index in [1.54, 1.807) is 6.20 Å². The van der Waals surface area contributed by atoms with Crippen LogP contribution in [0.2, 0.25) is 0 Å². The van der Waals surface area contributed by atoms with Crippen molar-refractivity contribution < 1.29 is 4.79 Å². The number of benzene rings is 1. The molecule has 1 fully saturated rings. The van der Waals surface area contributed by atoms with Crippen LogP contribution in [0.15, 0.2) is 36.7 Å². The third-order valence-corrected chi connectivity index (χ3v) is 4.49. The summed E-state index contributed by atoms with van der Waals surface area (Å²) in [6.07, 6.45) is 6.23. The van der Waals surface area contributed by atoms with Gasteiger partial charge in [-0.1, -0.05) is 12.1 Å². The van der Waals surface area contributed by atoms with E-state index in [1.807, 2.05) is 37.3 Å². The third kappa shape index (κ3) is 3.73. The maximum absolute atomic E-state index is 12.6. The maximum Gasteiger partial charge on any atom is 0.227 e. The van der Waals surface area contributed by atoms with Gasteiger partial charge in [-0.3, -0.25) is 4.79 Å². The van der Waals surface area contributed by atoms with E-state index < -0.39 is 0 Å². The molecule has 1 atom stereocenters. The Hall–Kier alpha value is -2.30. The van der Waals surface area contributed by atoms with Gasteiger partial charge in [0.1, 0.15) is 5.82 Å². The molecule has 0 radical (unpaired) electrons. The number of nitrogens with zero attached hydrogens (tertiary/aromatic N) is 3. The maximum atomic E-state index is 12.6. The zero-order valence-electron chi connectivity index (χ0n) is 13.8. The average Bonchev–Trinajstić information content (AvgIpc) is 3.10. The first-order valence-corrected chi connectivity index (χ1v) is 8.17. The third-order valence-electron chi connectivity index (χ3n) is 4.49. The van der Waals surface area contributed by atoms with Crippen molar-refractivity contribution in [1.82, 2.24) is 14.9 Å². The second-order valence-electron chi connectivity index (χ2n) is 6.39. The minimum Gasteiger partial charge on any atom is -0.378 e. The number of hydrogen-bond acceptors (Lipinski definition) is 3. The Morgan fingerprint density at radius 1 is 1.35 bits per heavy atom. The van der Waals surface area contributed by atoms with Crippen molar-refractivity contribution in [3.63, 3.8) is 0 Å². The number of nitrogens with one attached hydrogen (secondary N) is 1. The molecule has 2 aromatic rings. The molecule has 3 rings (SSSR count). The monoisotopic (exact) mass is 312 g/mol. The van der Waals surface area contributed by atoms with Gasteiger partial charge in [-0.15, -0.1) is 0 Å². The van der Waals surface area contributed by atoms with Gasteiger partial charge in [-0.05, 0) is 30.5 Å². The predicted molar refractivity (Wildman–Crippen MR) is 91.6 cm³/mol. The molecule has 1 aliphatic rings. The number of carbonyl (C=O) groups excluding carboxylic acids is 1. The fourth-order valence-corrected chi connectivity index (χ4v) is 3.13. The smallest absolute Gasteiger partial charge is 0.227 e. The Morgan fingerprint density at radius 2 is 2.13 bits per heavy atom. The summed E-state index contributed by atoms with van der Waals surface area (Å²) in [5.74, 6) is 1.54. The van der Waals surface area contributed by atoms with Crippen LogP contribution in [0, 0.1) is 0 Å². The van der Waals surface area contributed by atoms with Crippen molar-refractivity contribution in [3.8, 4) is 0 Å². The number of aromatic amines is 1. The highest BCUT2D eigenvalue weighted by Gasteiger charge is 2.26.